The van der Waals surface area contributed by atoms with Gasteiger partial charge in [-0.3, -0.25) is 4.79 Å². The minimum Gasteiger partial charge on any atom is -0.481 e. The van der Waals surface area contributed by atoms with E-state index in [4.69, 9.17) is 16.7 Å². The van der Waals surface area contributed by atoms with E-state index in [0.717, 1.165) is 3.57 Å². The topological polar surface area (TPSA) is 78.4 Å². The van der Waals surface area contributed by atoms with Crippen LogP contribution >= 0.6 is 34.2 Å². The zero-order chi connectivity index (χ0) is 14.4. The van der Waals surface area contributed by atoms with E-state index in [2.05, 4.69) is 33.2 Å². The summed E-state index contributed by atoms with van der Waals surface area (Å²) in [5.74, 6) is -0.945. The van der Waals surface area contributed by atoms with Crippen molar-refractivity contribution in [2.75, 3.05) is 5.32 Å². The van der Waals surface area contributed by atoms with Crippen LogP contribution in [0.1, 0.15) is 19.8 Å². The molecule has 1 unspecified atom stereocenters. The molecule has 0 aliphatic rings. The van der Waals surface area contributed by atoms with Gasteiger partial charge in [0.1, 0.15) is 0 Å². The molecule has 5 nitrogen and oxygen atoms in total. The molecular weight excluding hydrogens is 383 g/mol. The van der Waals surface area contributed by atoms with Gasteiger partial charge in [-0.2, -0.15) is 0 Å². The predicted octanol–water partition coefficient (Wildman–Crippen LogP) is 3.32. The van der Waals surface area contributed by atoms with Gasteiger partial charge in [0, 0.05) is 9.61 Å². The molecule has 0 spiro atoms. The maximum atomic E-state index is 11.8. The second kappa shape index (κ2) is 7.54. The van der Waals surface area contributed by atoms with Crippen molar-refractivity contribution < 1.29 is 14.7 Å². The van der Waals surface area contributed by atoms with Crippen molar-refractivity contribution in [2.24, 2.45) is 0 Å². The summed E-state index contributed by atoms with van der Waals surface area (Å²) in [4.78, 5) is 22.4. The van der Waals surface area contributed by atoms with Crippen LogP contribution in [0.5, 0.6) is 0 Å². The van der Waals surface area contributed by atoms with Crippen molar-refractivity contribution in [2.45, 2.75) is 25.8 Å². The number of halogens is 2. The van der Waals surface area contributed by atoms with E-state index in [9.17, 15) is 9.59 Å². The molecule has 0 bridgehead atoms. The summed E-state index contributed by atoms with van der Waals surface area (Å²) in [7, 11) is 0. The number of amides is 2. The molecule has 1 aromatic carbocycles. The van der Waals surface area contributed by atoms with Crippen molar-refractivity contribution in [3.05, 3.63) is 26.8 Å². The fraction of sp³-hybridized carbons (Fsp3) is 0.333. The summed E-state index contributed by atoms with van der Waals surface area (Å²) in [5, 5.41) is 14.3. The highest BCUT2D eigenvalue weighted by Crippen LogP contribution is 2.23. The third-order valence-electron chi connectivity index (χ3n) is 2.43. The molecule has 0 aliphatic heterocycles. The van der Waals surface area contributed by atoms with E-state index in [1.807, 2.05) is 13.0 Å². The zero-order valence-electron chi connectivity index (χ0n) is 10.2. The van der Waals surface area contributed by atoms with E-state index >= 15 is 0 Å². The molecule has 0 aromatic heterocycles. The molecule has 0 aliphatic carbocycles. The lowest BCUT2D eigenvalue weighted by atomic mass is 10.1. The number of carbonyl (C=O) groups is 2. The Hall–Kier alpha value is -1.02. The first-order chi connectivity index (χ1) is 8.92. The van der Waals surface area contributed by atoms with E-state index < -0.39 is 18.0 Å². The maximum Gasteiger partial charge on any atom is 0.319 e. The summed E-state index contributed by atoms with van der Waals surface area (Å²) >= 11 is 8.06. The highest BCUT2D eigenvalue weighted by atomic mass is 127. The van der Waals surface area contributed by atoms with Gasteiger partial charge in [0.15, 0.2) is 0 Å². The van der Waals surface area contributed by atoms with E-state index in [-0.39, 0.29) is 6.42 Å². The van der Waals surface area contributed by atoms with E-state index in [1.54, 1.807) is 12.1 Å². The van der Waals surface area contributed by atoms with Crippen LogP contribution in [0.4, 0.5) is 10.5 Å². The van der Waals surface area contributed by atoms with Gasteiger partial charge in [-0.05, 0) is 47.2 Å². The van der Waals surface area contributed by atoms with Gasteiger partial charge in [0.25, 0.3) is 0 Å². The highest BCUT2D eigenvalue weighted by molar-refractivity contribution is 14.1. The van der Waals surface area contributed by atoms with Crippen molar-refractivity contribution in [3.8, 4) is 0 Å². The standard InChI is InChI=1S/C12H14ClIN2O3/c1-2-8(6-11(17)18)15-12(19)16-10-5-7(14)3-4-9(10)13/h3-5,8H,2,6H2,1H3,(H,17,18)(H2,15,16,19). The van der Waals surface area contributed by atoms with Crippen molar-refractivity contribution in [1.29, 1.82) is 0 Å². The lowest BCUT2D eigenvalue weighted by Crippen LogP contribution is -2.38. The van der Waals surface area contributed by atoms with Crippen LogP contribution in [0.25, 0.3) is 0 Å². The molecule has 1 aromatic rings. The van der Waals surface area contributed by atoms with Crippen LogP contribution in [0.15, 0.2) is 18.2 Å². The number of hydrogen-bond acceptors (Lipinski definition) is 2. The van der Waals surface area contributed by atoms with Crippen molar-refractivity contribution in [3.63, 3.8) is 0 Å². The minimum atomic E-state index is -0.945. The van der Waals surface area contributed by atoms with Crippen LogP contribution in [0.3, 0.4) is 0 Å². The predicted molar refractivity (Wildman–Crippen MR) is 82.7 cm³/mol. The smallest absolute Gasteiger partial charge is 0.319 e. The Balaban J connectivity index is 2.63. The summed E-state index contributed by atoms with van der Waals surface area (Å²) in [5.41, 5.74) is 0.497. The fourth-order valence-corrected chi connectivity index (χ4v) is 2.10. The number of aliphatic carboxylic acids is 1. The Morgan fingerprint density at radius 2 is 2.16 bits per heavy atom. The molecule has 19 heavy (non-hydrogen) atoms. The van der Waals surface area contributed by atoms with Crippen LogP contribution in [0.2, 0.25) is 5.02 Å². The Morgan fingerprint density at radius 1 is 1.47 bits per heavy atom. The van der Waals surface area contributed by atoms with Gasteiger partial charge in [-0.15, -0.1) is 0 Å². The summed E-state index contributed by atoms with van der Waals surface area (Å²) < 4.78 is 0.940. The number of nitrogens with one attached hydrogen (secondary N) is 2. The molecule has 0 heterocycles. The molecule has 0 fully saturated rings. The Labute approximate surface area is 129 Å². The molecule has 3 N–H and O–H groups in total. The highest BCUT2D eigenvalue weighted by Gasteiger charge is 2.14. The first-order valence-electron chi connectivity index (χ1n) is 5.66. The molecule has 104 valence electrons. The molecular formula is C12H14ClIN2O3. The Kier molecular flexibility index (Phi) is 6.36. The number of carboxylic acid groups (broad SMARTS) is 1. The van der Waals surface area contributed by atoms with Gasteiger partial charge in [-0.25, -0.2) is 4.79 Å². The Bertz CT molecular complexity index is 482. The average Bonchev–Trinajstić information content (AvgIpc) is 2.32. The third kappa shape index (κ3) is 5.65. The number of benzene rings is 1. The summed E-state index contributed by atoms with van der Waals surface area (Å²) in [6.45, 7) is 1.81. The first-order valence-corrected chi connectivity index (χ1v) is 7.12. The SMILES string of the molecule is CCC(CC(=O)O)NC(=O)Nc1cc(I)ccc1Cl. The van der Waals surface area contributed by atoms with Crippen LogP contribution in [0, 0.1) is 3.57 Å². The van der Waals surface area contributed by atoms with Crippen LogP contribution in [-0.4, -0.2) is 23.1 Å². The molecule has 2 amide bonds. The molecule has 7 heteroatoms. The fourth-order valence-electron chi connectivity index (χ4n) is 1.45. The minimum absolute atomic E-state index is 0.107. The number of carboxylic acids is 1. The molecule has 0 saturated heterocycles. The van der Waals surface area contributed by atoms with Crippen LogP contribution in [-0.2, 0) is 4.79 Å². The number of hydrogen-bond donors (Lipinski definition) is 3. The Morgan fingerprint density at radius 3 is 2.74 bits per heavy atom. The summed E-state index contributed by atoms with van der Waals surface area (Å²) in [6.07, 6.45) is 0.434. The zero-order valence-corrected chi connectivity index (χ0v) is 13.2. The molecule has 0 saturated carbocycles. The largest absolute Gasteiger partial charge is 0.481 e. The van der Waals surface area contributed by atoms with Crippen molar-refractivity contribution >= 4 is 51.9 Å². The van der Waals surface area contributed by atoms with Gasteiger partial charge in [0.05, 0.1) is 17.1 Å². The number of carbonyl (C=O) groups excluding carboxylic acids is 1. The van der Waals surface area contributed by atoms with Gasteiger partial charge < -0.3 is 15.7 Å². The third-order valence-corrected chi connectivity index (χ3v) is 3.43. The second-order valence-electron chi connectivity index (χ2n) is 3.93. The number of anilines is 1. The average molecular weight is 397 g/mol. The quantitative estimate of drug-likeness (QED) is 0.668. The van der Waals surface area contributed by atoms with Gasteiger partial charge in [0.2, 0.25) is 0 Å². The molecule has 1 atom stereocenters. The monoisotopic (exact) mass is 396 g/mol. The lowest BCUT2D eigenvalue weighted by molar-refractivity contribution is -0.137. The first kappa shape index (κ1) is 16.0. The van der Waals surface area contributed by atoms with E-state index in [1.165, 1.54) is 0 Å². The van der Waals surface area contributed by atoms with Crippen molar-refractivity contribution in [1.82, 2.24) is 5.32 Å². The molecule has 1 rings (SSSR count). The van der Waals surface area contributed by atoms with Gasteiger partial charge in [-0.1, -0.05) is 18.5 Å². The van der Waals surface area contributed by atoms with Gasteiger partial charge >= 0.3 is 12.0 Å². The normalized spacial score (nSPS) is 11.7. The van der Waals surface area contributed by atoms with Crippen LogP contribution < -0.4 is 10.6 Å². The second-order valence-corrected chi connectivity index (χ2v) is 5.58. The summed E-state index contributed by atoms with van der Waals surface area (Å²) in [6, 6.07) is 4.38. The maximum absolute atomic E-state index is 11.8. The van der Waals surface area contributed by atoms with E-state index in [0.29, 0.717) is 17.1 Å². The lowest BCUT2D eigenvalue weighted by Gasteiger charge is -2.16. The number of urea groups is 1. The molecule has 0 radical (unpaired) electrons. The number of rotatable bonds is 5.